The summed E-state index contributed by atoms with van der Waals surface area (Å²) in [6.07, 6.45) is 1.44. The molecule has 128 valence electrons. The van der Waals surface area contributed by atoms with Crippen molar-refractivity contribution in [2.45, 2.75) is 18.4 Å². The molecule has 0 amide bonds. The zero-order chi connectivity index (χ0) is 17.6. The van der Waals surface area contributed by atoms with Gasteiger partial charge in [-0.1, -0.05) is 17.8 Å². The van der Waals surface area contributed by atoms with Gasteiger partial charge in [-0.15, -0.1) is 10.2 Å². The average Bonchev–Trinajstić information content (AvgIpc) is 3.04. The van der Waals surface area contributed by atoms with Crippen LogP contribution in [-0.4, -0.2) is 48.9 Å². The highest BCUT2D eigenvalue weighted by molar-refractivity contribution is 7.99. The van der Waals surface area contributed by atoms with Gasteiger partial charge in [0.1, 0.15) is 17.1 Å². The minimum absolute atomic E-state index is 0.137. The molecule has 3 aromatic rings. The van der Waals surface area contributed by atoms with Crippen LogP contribution in [0, 0.1) is 0 Å². The molecule has 3 heterocycles. The molecular weight excluding hydrogens is 342 g/mol. The second kappa shape index (κ2) is 7.84. The zero-order valence-electron chi connectivity index (χ0n) is 13.5. The number of fused-ring (bicyclic) bond motifs is 1. The summed E-state index contributed by atoms with van der Waals surface area (Å²) < 4.78 is 6.35. The van der Waals surface area contributed by atoms with Gasteiger partial charge < -0.3 is 4.74 Å². The van der Waals surface area contributed by atoms with E-state index in [1.165, 1.54) is 11.8 Å². The van der Waals surface area contributed by atoms with E-state index in [0.29, 0.717) is 22.2 Å². The van der Waals surface area contributed by atoms with Crippen LogP contribution in [0.25, 0.3) is 17.2 Å². The number of ether oxygens (including phenoxy) is 1. The SMILES string of the molecule is CCOC(=O)CC(=O)CSc1ccc2nnc(-c3ccccn3)n2n1. The lowest BCUT2D eigenvalue weighted by molar-refractivity contribution is -0.145. The van der Waals surface area contributed by atoms with Crippen molar-refractivity contribution in [2.24, 2.45) is 0 Å². The van der Waals surface area contributed by atoms with Gasteiger partial charge in [-0.25, -0.2) is 0 Å². The van der Waals surface area contributed by atoms with Crippen LogP contribution in [0.3, 0.4) is 0 Å². The highest BCUT2D eigenvalue weighted by atomic mass is 32.2. The van der Waals surface area contributed by atoms with Gasteiger partial charge in [0.05, 0.1) is 12.4 Å². The van der Waals surface area contributed by atoms with E-state index in [0.717, 1.165) is 0 Å². The minimum Gasteiger partial charge on any atom is -0.466 e. The number of Topliss-reactive ketones (excluding diaryl/α,β-unsaturated/α-hetero) is 1. The van der Waals surface area contributed by atoms with Crippen molar-refractivity contribution >= 4 is 29.2 Å². The zero-order valence-corrected chi connectivity index (χ0v) is 14.3. The van der Waals surface area contributed by atoms with E-state index in [2.05, 4.69) is 20.3 Å². The van der Waals surface area contributed by atoms with E-state index in [4.69, 9.17) is 4.74 Å². The van der Waals surface area contributed by atoms with E-state index in [-0.39, 0.29) is 24.6 Å². The first-order valence-corrected chi connectivity index (χ1v) is 8.60. The molecular formula is C16H15N5O3S. The number of esters is 1. The summed E-state index contributed by atoms with van der Waals surface area (Å²) in [5, 5.41) is 13.2. The fraction of sp³-hybridized carbons (Fsp3) is 0.250. The van der Waals surface area contributed by atoms with Gasteiger partial charge in [-0.05, 0) is 31.2 Å². The van der Waals surface area contributed by atoms with Crippen LogP contribution in [0.4, 0.5) is 0 Å². The summed E-state index contributed by atoms with van der Waals surface area (Å²) >= 11 is 1.25. The van der Waals surface area contributed by atoms with Crippen LogP contribution in [-0.2, 0) is 14.3 Å². The maximum Gasteiger partial charge on any atom is 0.313 e. The Labute approximate surface area is 147 Å². The Kier molecular flexibility index (Phi) is 5.34. The Bertz CT molecular complexity index is 897. The number of hydrogen-bond acceptors (Lipinski definition) is 8. The normalized spacial score (nSPS) is 10.8. The summed E-state index contributed by atoms with van der Waals surface area (Å²) in [7, 11) is 0. The Morgan fingerprint density at radius 1 is 1.20 bits per heavy atom. The molecule has 0 radical (unpaired) electrons. The quantitative estimate of drug-likeness (QED) is 0.358. The molecule has 0 aliphatic heterocycles. The molecule has 0 aromatic carbocycles. The third-order valence-corrected chi connectivity index (χ3v) is 4.14. The number of hydrogen-bond donors (Lipinski definition) is 0. The molecule has 25 heavy (non-hydrogen) atoms. The maximum absolute atomic E-state index is 11.8. The smallest absolute Gasteiger partial charge is 0.313 e. The van der Waals surface area contributed by atoms with Gasteiger partial charge >= 0.3 is 5.97 Å². The third kappa shape index (κ3) is 4.18. The van der Waals surface area contributed by atoms with Crippen molar-refractivity contribution in [3.8, 4) is 11.5 Å². The number of ketones is 1. The molecule has 8 nitrogen and oxygen atoms in total. The fourth-order valence-corrected chi connectivity index (χ4v) is 2.80. The minimum atomic E-state index is -0.507. The van der Waals surface area contributed by atoms with Crippen LogP contribution in [0.15, 0.2) is 41.6 Å². The fourth-order valence-electron chi connectivity index (χ4n) is 2.08. The molecule has 0 unspecified atom stereocenters. The molecule has 3 rings (SSSR count). The van der Waals surface area contributed by atoms with Gasteiger partial charge in [0.15, 0.2) is 11.4 Å². The highest BCUT2D eigenvalue weighted by Gasteiger charge is 2.13. The number of pyridine rings is 1. The Balaban J connectivity index is 1.73. The summed E-state index contributed by atoms with van der Waals surface area (Å²) in [5.41, 5.74) is 1.24. The van der Waals surface area contributed by atoms with Gasteiger partial charge in [0.25, 0.3) is 0 Å². The second-order valence-corrected chi connectivity index (χ2v) is 5.98. The third-order valence-electron chi connectivity index (χ3n) is 3.16. The summed E-state index contributed by atoms with van der Waals surface area (Å²) in [5.74, 6) is -0.0547. The first kappa shape index (κ1) is 17.0. The number of thioether (sulfide) groups is 1. The van der Waals surface area contributed by atoms with Crippen LogP contribution in [0.1, 0.15) is 13.3 Å². The van der Waals surface area contributed by atoms with E-state index in [1.54, 1.807) is 29.8 Å². The van der Waals surface area contributed by atoms with Crippen molar-refractivity contribution in [3.63, 3.8) is 0 Å². The van der Waals surface area contributed by atoms with Gasteiger partial charge in [-0.3, -0.25) is 14.6 Å². The Morgan fingerprint density at radius 3 is 2.84 bits per heavy atom. The molecule has 0 saturated carbocycles. The molecule has 0 bridgehead atoms. The molecule has 0 saturated heterocycles. The van der Waals surface area contributed by atoms with Crippen molar-refractivity contribution in [1.82, 2.24) is 24.8 Å². The largest absolute Gasteiger partial charge is 0.466 e. The van der Waals surface area contributed by atoms with Crippen molar-refractivity contribution in [2.75, 3.05) is 12.4 Å². The van der Waals surface area contributed by atoms with Crippen LogP contribution >= 0.6 is 11.8 Å². The van der Waals surface area contributed by atoms with E-state index in [9.17, 15) is 9.59 Å². The molecule has 0 spiro atoms. The van der Waals surface area contributed by atoms with Crippen LogP contribution in [0.5, 0.6) is 0 Å². The molecule has 0 N–H and O–H groups in total. The first-order chi connectivity index (χ1) is 12.2. The molecule has 3 aromatic heterocycles. The molecule has 0 aliphatic rings. The first-order valence-electron chi connectivity index (χ1n) is 7.61. The number of rotatable bonds is 7. The predicted molar refractivity (Wildman–Crippen MR) is 91.0 cm³/mol. The van der Waals surface area contributed by atoms with Gasteiger partial charge in [-0.2, -0.15) is 9.61 Å². The number of aromatic nitrogens is 5. The highest BCUT2D eigenvalue weighted by Crippen LogP contribution is 2.19. The van der Waals surface area contributed by atoms with Gasteiger partial charge in [0.2, 0.25) is 5.82 Å². The summed E-state index contributed by atoms with van der Waals surface area (Å²) in [6, 6.07) is 9.02. The van der Waals surface area contributed by atoms with Crippen LogP contribution < -0.4 is 0 Å². The standard InChI is InChI=1S/C16H15N5O3S/c1-2-24-15(23)9-11(22)10-25-14-7-6-13-18-19-16(21(13)20-14)12-5-3-4-8-17-12/h3-8H,2,9-10H2,1H3. The van der Waals surface area contributed by atoms with Crippen molar-refractivity contribution < 1.29 is 14.3 Å². The lowest BCUT2D eigenvalue weighted by Gasteiger charge is -2.03. The van der Waals surface area contributed by atoms with Crippen molar-refractivity contribution in [1.29, 1.82) is 0 Å². The van der Waals surface area contributed by atoms with E-state index >= 15 is 0 Å². The summed E-state index contributed by atoms with van der Waals surface area (Å²) in [6.45, 7) is 1.97. The number of carbonyl (C=O) groups is 2. The average molecular weight is 357 g/mol. The number of carbonyl (C=O) groups excluding carboxylic acids is 2. The maximum atomic E-state index is 11.8. The van der Waals surface area contributed by atoms with Crippen LogP contribution in [0.2, 0.25) is 0 Å². The summed E-state index contributed by atoms with van der Waals surface area (Å²) in [4.78, 5) is 27.4. The molecule has 9 heteroatoms. The molecule has 0 fully saturated rings. The monoisotopic (exact) mass is 357 g/mol. The topological polar surface area (TPSA) is 99.3 Å². The Hall–Kier alpha value is -2.81. The van der Waals surface area contributed by atoms with Gasteiger partial charge in [0, 0.05) is 6.20 Å². The lowest BCUT2D eigenvalue weighted by atomic mass is 10.3. The molecule has 0 aliphatic carbocycles. The predicted octanol–water partition coefficient (Wildman–Crippen LogP) is 1.80. The van der Waals surface area contributed by atoms with Crippen molar-refractivity contribution in [3.05, 3.63) is 36.5 Å². The Morgan fingerprint density at radius 2 is 2.08 bits per heavy atom. The molecule has 0 atom stereocenters. The number of nitrogens with zero attached hydrogens (tertiary/aromatic N) is 5. The lowest BCUT2D eigenvalue weighted by Crippen LogP contribution is -2.12. The second-order valence-electron chi connectivity index (χ2n) is 4.99. The van der Waals surface area contributed by atoms with E-state index in [1.807, 2.05) is 18.2 Å². The van der Waals surface area contributed by atoms with E-state index < -0.39 is 5.97 Å².